The van der Waals surface area contributed by atoms with Gasteiger partial charge in [-0.25, -0.2) is 9.59 Å². The number of esters is 2. The molecule has 1 aromatic carbocycles. The fraction of sp³-hybridized carbons (Fsp3) is 0.0833. The highest BCUT2D eigenvalue weighted by Gasteiger charge is 2.15. The van der Waals surface area contributed by atoms with Crippen LogP contribution in [0.2, 0.25) is 0 Å². The zero-order chi connectivity index (χ0) is 24.7. The lowest BCUT2D eigenvalue weighted by atomic mass is 10.1. The van der Waals surface area contributed by atoms with Crippen molar-refractivity contribution in [3.05, 3.63) is 96.2 Å². The van der Waals surface area contributed by atoms with Crippen LogP contribution in [0.4, 0.5) is 0 Å². The van der Waals surface area contributed by atoms with Gasteiger partial charge in [0, 0.05) is 35.9 Å². The molecule has 36 heavy (non-hydrogen) atoms. The van der Waals surface area contributed by atoms with Gasteiger partial charge in [0.2, 0.25) is 11.6 Å². The number of aromatic nitrogens is 6. The number of hydrogen-bond donors (Lipinski definition) is 0. The third-order valence-electron chi connectivity index (χ3n) is 4.79. The zero-order valence-corrected chi connectivity index (χ0v) is 18.5. The van der Waals surface area contributed by atoms with Crippen molar-refractivity contribution in [2.75, 3.05) is 0 Å². The largest absolute Gasteiger partial charge is 0.452 e. The minimum Gasteiger partial charge on any atom is -0.452 e. The Kier molecular flexibility index (Phi) is 6.47. The summed E-state index contributed by atoms with van der Waals surface area (Å²) in [6.07, 6.45) is 6.44. The van der Waals surface area contributed by atoms with Gasteiger partial charge in [0.1, 0.15) is 0 Å². The standard InChI is InChI=1S/C24H16N6O6/c31-23(33-13-19-27-21(29-35-19)17-3-1-9-25-11-17)15-5-7-16(8-6-15)24(32)34-14-20-28-22(30-36-20)18-4-2-10-26-12-18/h1-12H,13-14H2. The molecule has 0 radical (unpaired) electrons. The third kappa shape index (κ3) is 5.28. The van der Waals surface area contributed by atoms with E-state index in [0.717, 1.165) is 0 Å². The minimum atomic E-state index is -0.621. The maximum atomic E-state index is 12.3. The lowest BCUT2D eigenvalue weighted by Crippen LogP contribution is -2.08. The van der Waals surface area contributed by atoms with Gasteiger partial charge in [-0.15, -0.1) is 0 Å². The highest BCUT2D eigenvalue weighted by Crippen LogP contribution is 2.16. The smallest absolute Gasteiger partial charge is 0.338 e. The number of carbonyl (C=O) groups is 2. The van der Waals surface area contributed by atoms with E-state index in [9.17, 15) is 9.59 Å². The van der Waals surface area contributed by atoms with Crippen molar-refractivity contribution >= 4 is 11.9 Å². The van der Waals surface area contributed by atoms with Crippen LogP contribution in [0.15, 0.2) is 82.4 Å². The first-order chi connectivity index (χ1) is 17.7. The van der Waals surface area contributed by atoms with E-state index in [0.29, 0.717) is 22.8 Å². The normalized spacial score (nSPS) is 10.7. The summed E-state index contributed by atoms with van der Waals surface area (Å²) >= 11 is 0. The lowest BCUT2D eigenvalue weighted by Gasteiger charge is -2.04. The molecule has 0 saturated heterocycles. The van der Waals surface area contributed by atoms with E-state index < -0.39 is 11.9 Å². The summed E-state index contributed by atoms with van der Waals surface area (Å²) in [5.41, 5.74) is 1.82. The molecule has 0 atom stereocenters. The van der Waals surface area contributed by atoms with E-state index in [1.165, 1.54) is 24.3 Å². The van der Waals surface area contributed by atoms with Crippen LogP contribution in [-0.4, -0.2) is 42.2 Å². The third-order valence-corrected chi connectivity index (χ3v) is 4.79. The minimum absolute atomic E-state index is 0.134. The summed E-state index contributed by atoms with van der Waals surface area (Å²) in [6, 6.07) is 12.8. The van der Waals surface area contributed by atoms with Gasteiger partial charge >= 0.3 is 11.9 Å². The van der Waals surface area contributed by atoms with E-state index in [1.54, 1.807) is 49.1 Å². The lowest BCUT2D eigenvalue weighted by molar-refractivity contribution is 0.0417. The molecular weight excluding hydrogens is 468 g/mol. The SMILES string of the molecule is O=C(OCc1nc(-c2cccnc2)no1)c1ccc(C(=O)OCc2nc(-c3cccnc3)no2)cc1. The molecule has 4 aromatic heterocycles. The molecule has 0 N–H and O–H groups in total. The van der Waals surface area contributed by atoms with Gasteiger partial charge in [-0.2, -0.15) is 9.97 Å². The van der Waals surface area contributed by atoms with Gasteiger partial charge < -0.3 is 18.5 Å². The first-order valence-corrected chi connectivity index (χ1v) is 10.6. The molecule has 0 aliphatic heterocycles. The van der Waals surface area contributed by atoms with Crippen LogP contribution >= 0.6 is 0 Å². The van der Waals surface area contributed by atoms with E-state index in [2.05, 4.69) is 30.2 Å². The molecule has 178 valence electrons. The van der Waals surface area contributed by atoms with Gasteiger partial charge in [-0.05, 0) is 48.5 Å². The van der Waals surface area contributed by atoms with Gasteiger partial charge in [0.15, 0.2) is 13.2 Å². The van der Waals surface area contributed by atoms with E-state index in [4.69, 9.17) is 18.5 Å². The molecule has 0 fully saturated rings. The Bertz CT molecular complexity index is 1360. The number of carbonyl (C=O) groups excluding carboxylic acids is 2. The number of nitrogens with zero attached hydrogens (tertiary/aromatic N) is 6. The van der Waals surface area contributed by atoms with Crippen LogP contribution in [0.1, 0.15) is 32.5 Å². The number of hydrogen-bond acceptors (Lipinski definition) is 12. The predicted molar refractivity (Wildman–Crippen MR) is 120 cm³/mol. The van der Waals surface area contributed by atoms with Gasteiger partial charge in [0.05, 0.1) is 11.1 Å². The summed E-state index contributed by atoms with van der Waals surface area (Å²) in [7, 11) is 0. The highest BCUT2D eigenvalue weighted by atomic mass is 16.6. The van der Waals surface area contributed by atoms with E-state index >= 15 is 0 Å². The number of rotatable bonds is 8. The molecule has 4 heterocycles. The Morgan fingerprint density at radius 2 is 1.11 bits per heavy atom. The van der Waals surface area contributed by atoms with Crippen LogP contribution < -0.4 is 0 Å². The van der Waals surface area contributed by atoms with Gasteiger partial charge in [-0.3, -0.25) is 9.97 Å². The molecule has 0 spiro atoms. The number of benzene rings is 1. The molecule has 0 aliphatic rings. The first kappa shape index (κ1) is 22.5. The molecule has 0 amide bonds. The Balaban J connectivity index is 1.12. The highest BCUT2D eigenvalue weighted by molar-refractivity contribution is 5.93. The molecule has 12 nitrogen and oxygen atoms in total. The van der Waals surface area contributed by atoms with Crippen LogP contribution in [0.3, 0.4) is 0 Å². The van der Waals surface area contributed by atoms with Gasteiger partial charge in [-0.1, -0.05) is 10.3 Å². The topological polar surface area (TPSA) is 156 Å². The summed E-state index contributed by atoms with van der Waals surface area (Å²) in [5.74, 6) is -0.295. The van der Waals surface area contributed by atoms with Crippen molar-refractivity contribution in [1.29, 1.82) is 0 Å². The van der Waals surface area contributed by atoms with Crippen molar-refractivity contribution in [2.24, 2.45) is 0 Å². The molecule has 0 aliphatic carbocycles. The van der Waals surface area contributed by atoms with Crippen LogP contribution in [0.25, 0.3) is 22.8 Å². The van der Waals surface area contributed by atoms with Crippen molar-refractivity contribution in [3.63, 3.8) is 0 Å². The van der Waals surface area contributed by atoms with E-state index in [1.807, 2.05) is 0 Å². The maximum absolute atomic E-state index is 12.3. The fourth-order valence-electron chi connectivity index (χ4n) is 3.02. The van der Waals surface area contributed by atoms with Crippen molar-refractivity contribution in [1.82, 2.24) is 30.2 Å². The predicted octanol–water partition coefficient (Wildman–Crippen LogP) is 3.29. The quantitative estimate of drug-likeness (QED) is 0.297. The van der Waals surface area contributed by atoms with Crippen molar-refractivity contribution in [2.45, 2.75) is 13.2 Å². The van der Waals surface area contributed by atoms with Crippen LogP contribution in [0.5, 0.6) is 0 Å². The molecule has 5 rings (SSSR count). The molecule has 12 heteroatoms. The zero-order valence-electron chi connectivity index (χ0n) is 18.5. The van der Waals surface area contributed by atoms with Crippen molar-refractivity contribution < 1.29 is 28.1 Å². The van der Waals surface area contributed by atoms with Crippen molar-refractivity contribution in [3.8, 4) is 22.8 Å². The summed E-state index contributed by atoms with van der Waals surface area (Å²) in [6.45, 7) is -0.414. The number of ether oxygens (including phenoxy) is 2. The van der Waals surface area contributed by atoms with E-state index in [-0.39, 0.29) is 36.1 Å². The summed E-state index contributed by atoms with van der Waals surface area (Å²) < 4.78 is 20.6. The number of pyridine rings is 2. The second-order valence-corrected chi connectivity index (χ2v) is 7.24. The monoisotopic (exact) mass is 484 g/mol. The molecule has 5 aromatic rings. The second kappa shape index (κ2) is 10.3. The Labute approximate surface area is 202 Å². The van der Waals surface area contributed by atoms with Crippen LogP contribution in [0, 0.1) is 0 Å². The Morgan fingerprint density at radius 1 is 0.667 bits per heavy atom. The molecule has 0 unspecified atom stereocenters. The maximum Gasteiger partial charge on any atom is 0.338 e. The second-order valence-electron chi connectivity index (χ2n) is 7.24. The fourth-order valence-corrected chi connectivity index (χ4v) is 3.02. The summed E-state index contributed by atoms with van der Waals surface area (Å²) in [5, 5.41) is 7.68. The molecule has 0 bridgehead atoms. The Hall–Kier alpha value is -5.26. The first-order valence-electron chi connectivity index (χ1n) is 10.6. The van der Waals surface area contributed by atoms with Gasteiger partial charge in [0.25, 0.3) is 11.8 Å². The molecule has 0 saturated carbocycles. The average molecular weight is 484 g/mol. The Morgan fingerprint density at radius 3 is 1.50 bits per heavy atom. The average Bonchev–Trinajstić information content (AvgIpc) is 3.62. The van der Waals surface area contributed by atoms with Crippen LogP contribution in [-0.2, 0) is 22.7 Å². The summed E-state index contributed by atoms with van der Waals surface area (Å²) in [4.78, 5) is 41.0. The molecular formula is C24H16N6O6.